The van der Waals surface area contributed by atoms with Crippen molar-refractivity contribution >= 4 is 23.3 Å². The number of halogens is 3. The highest BCUT2D eigenvalue weighted by Gasteiger charge is 2.15. The van der Waals surface area contributed by atoms with Crippen LogP contribution in [0.1, 0.15) is 21.5 Å². The first kappa shape index (κ1) is 21.5. The van der Waals surface area contributed by atoms with Crippen LogP contribution < -0.4 is 4.74 Å². The molecule has 0 fully saturated rings. The number of carbonyl (C=O) groups excluding carboxylic acids is 2. The number of benzene rings is 3. The van der Waals surface area contributed by atoms with Gasteiger partial charge in [0.2, 0.25) is 0 Å². The molecule has 0 saturated heterocycles. The fourth-order valence-electron chi connectivity index (χ4n) is 2.73. The summed E-state index contributed by atoms with van der Waals surface area (Å²) >= 11 is 5.99. The molecule has 30 heavy (non-hydrogen) atoms. The Kier molecular flexibility index (Phi) is 6.79. The van der Waals surface area contributed by atoms with Crippen LogP contribution in [0.25, 0.3) is 0 Å². The van der Waals surface area contributed by atoms with Gasteiger partial charge in [-0.2, -0.15) is 0 Å². The van der Waals surface area contributed by atoms with Crippen LogP contribution in [0.3, 0.4) is 0 Å². The SMILES string of the molecule is CN(Cc1c(F)cccc1Cl)C(=O)COc1ccc(C(=O)c2ccc(F)cc2)cc1. The van der Waals surface area contributed by atoms with Gasteiger partial charge in [-0.15, -0.1) is 0 Å². The van der Waals surface area contributed by atoms with Gasteiger partial charge in [-0.25, -0.2) is 8.78 Å². The number of hydrogen-bond acceptors (Lipinski definition) is 3. The largest absolute Gasteiger partial charge is 0.484 e. The molecule has 0 saturated carbocycles. The number of ether oxygens (including phenoxy) is 1. The first-order valence-corrected chi connectivity index (χ1v) is 9.43. The molecule has 0 radical (unpaired) electrons. The predicted molar refractivity (Wildman–Crippen MR) is 110 cm³/mol. The van der Waals surface area contributed by atoms with Gasteiger partial charge in [0.25, 0.3) is 5.91 Å². The number of hydrogen-bond donors (Lipinski definition) is 0. The molecule has 7 heteroatoms. The van der Waals surface area contributed by atoms with Crippen LogP contribution in [-0.4, -0.2) is 30.2 Å². The van der Waals surface area contributed by atoms with Crippen molar-refractivity contribution in [2.75, 3.05) is 13.7 Å². The average molecular weight is 430 g/mol. The Bertz CT molecular complexity index is 1030. The molecule has 3 rings (SSSR count). The van der Waals surface area contributed by atoms with Gasteiger partial charge in [-0.1, -0.05) is 17.7 Å². The minimum Gasteiger partial charge on any atom is -0.484 e. The summed E-state index contributed by atoms with van der Waals surface area (Å²) in [5.41, 5.74) is 1.01. The molecular formula is C23H18ClF2NO3. The topological polar surface area (TPSA) is 46.6 Å². The second kappa shape index (κ2) is 9.50. The maximum atomic E-state index is 13.9. The summed E-state index contributed by atoms with van der Waals surface area (Å²) in [5, 5.41) is 0.247. The van der Waals surface area contributed by atoms with Crippen LogP contribution in [0, 0.1) is 11.6 Å². The number of carbonyl (C=O) groups is 2. The molecule has 0 aliphatic heterocycles. The quantitative estimate of drug-likeness (QED) is 0.502. The van der Waals surface area contributed by atoms with Gasteiger partial charge in [-0.3, -0.25) is 9.59 Å². The van der Waals surface area contributed by atoms with Crippen LogP contribution in [-0.2, 0) is 11.3 Å². The van der Waals surface area contributed by atoms with Gasteiger partial charge >= 0.3 is 0 Å². The number of amides is 1. The zero-order valence-corrected chi connectivity index (χ0v) is 16.8. The number of likely N-dealkylation sites (N-methyl/N-ethyl adjacent to an activating group) is 1. The van der Waals surface area contributed by atoms with Crippen molar-refractivity contribution in [3.8, 4) is 5.75 Å². The summed E-state index contributed by atoms with van der Waals surface area (Å²) in [6.07, 6.45) is 0. The summed E-state index contributed by atoms with van der Waals surface area (Å²) in [6.45, 7) is -0.243. The Balaban J connectivity index is 1.57. The molecule has 0 N–H and O–H groups in total. The van der Waals surface area contributed by atoms with Crippen LogP contribution in [0.2, 0.25) is 5.02 Å². The van der Waals surface area contributed by atoms with E-state index in [0.717, 1.165) is 0 Å². The maximum Gasteiger partial charge on any atom is 0.260 e. The number of nitrogens with zero attached hydrogens (tertiary/aromatic N) is 1. The van der Waals surface area contributed by atoms with Gasteiger partial charge in [0.15, 0.2) is 12.4 Å². The summed E-state index contributed by atoms with van der Waals surface area (Å²) < 4.78 is 32.3. The average Bonchev–Trinajstić information content (AvgIpc) is 2.75. The standard InChI is InChI=1S/C23H18ClF2NO3/c1-27(13-19-20(24)3-2-4-21(19)26)22(28)14-30-18-11-7-16(8-12-18)23(29)15-5-9-17(25)10-6-15/h2-12H,13-14H2,1H3. The van der Waals surface area contributed by atoms with E-state index >= 15 is 0 Å². The molecule has 0 heterocycles. The van der Waals surface area contributed by atoms with Gasteiger partial charge in [-0.05, 0) is 60.7 Å². The molecule has 0 aliphatic rings. The Morgan fingerprint density at radius 3 is 2.13 bits per heavy atom. The van der Waals surface area contributed by atoms with Crippen LogP contribution in [0.15, 0.2) is 66.7 Å². The van der Waals surface area contributed by atoms with Crippen molar-refractivity contribution in [3.05, 3.63) is 100 Å². The van der Waals surface area contributed by atoms with Gasteiger partial charge in [0.05, 0.1) is 0 Å². The van der Waals surface area contributed by atoms with E-state index in [1.54, 1.807) is 30.3 Å². The Morgan fingerprint density at radius 1 is 0.933 bits per heavy atom. The lowest BCUT2D eigenvalue weighted by atomic mass is 10.0. The van der Waals surface area contributed by atoms with Crippen molar-refractivity contribution in [2.24, 2.45) is 0 Å². The summed E-state index contributed by atoms with van der Waals surface area (Å²) in [5.74, 6) is -1.11. The normalized spacial score (nSPS) is 10.5. The Morgan fingerprint density at radius 2 is 1.53 bits per heavy atom. The van der Waals surface area contributed by atoms with Gasteiger partial charge in [0, 0.05) is 35.3 Å². The number of rotatable bonds is 7. The second-order valence-corrected chi connectivity index (χ2v) is 7.01. The minimum absolute atomic E-state index is 0.0127. The third-order valence-corrected chi connectivity index (χ3v) is 4.82. The minimum atomic E-state index is -0.482. The highest BCUT2D eigenvalue weighted by Crippen LogP contribution is 2.21. The van der Waals surface area contributed by atoms with Crippen molar-refractivity contribution in [2.45, 2.75) is 6.54 Å². The van der Waals surface area contributed by atoms with Crippen LogP contribution in [0.4, 0.5) is 8.78 Å². The lowest BCUT2D eigenvalue weighted by Gasteiger charge is -2.18. The molecule has 3 aromatic rings. The molecule has 0 unspecified atom stereocenters. The fourth-order valence-corrected chi connectivity index (χ4v) is 2.96. The third kappa shape index (κ3) is 5.21. The Hall–Kier alpha value is -3.25. The molecule has 0 aliphatic carbocycles. The molecule has 1 amide bonds. The van der Waals surface area contributed by atoms with E-state index in [1.807, 2.05) is 0 Å². The molecule has 0 spiro atoms. The maximum absolute atomic E-state index is 13.9. The highest BCUT2D eigenvalue weighted by atomic mass is 35.5. The summed E-state index contributed by atoms with van der Waals surface area (Å²) in [4.78, 5) is 26.0. The van der Waals surface area contributed by atoms with Crippen molar-refractivity contribution < 1.29 is 23.1 Å². The summed E-state index contributed by atoms with van der Waals surface area (Å²) in [6, 6.07) is 15.9. The molecular weight excluding hydrogens is 412 g/mol. The lowest BCUT2D eigenvalue weighted by Crippen LogP contribution is -2.31. The van der Waals surface area contributed by atoms with E-state index < -0.39 is 11.6 Å². The van der Waals surface area contributed by atoms with Gasteiger partial charge < -0.3 is 9.64 Å². The zero-order chi connectivity index (χ0) is 21.7. The molecule has 0 aromatic heterocycles. The van der Waals surface area contributed by atoms with Crippen LogP contribution in [0.5, 0.6) is 5.75 Å². The van der Waals surface area contributed by atoms with E-state index in [-0.39, 0.29) is 35.4 Å². The zero-order valence-electron chi connectivity index (χ0n) is 16.1. The van der Waals surface area contributed by atoms with Gasteiger partial charge in [0.1, 0.15) is 17.4 Å². The van der Waals surface area contributed by atoms with E-state index in [9.17, 15) is 18.4 Å². The monoisotopic (exact) mass is 429 g/mol. The smallest absolute Gasteiger partial charge is 0.260 e. The fraction of sp³-hybridized carbons (Fsp3) is 0.130. The Labute approximate surface area is 177 Å². The van der Waals surface area contributed by atoms with E-state index in [2.05, 4.69) is 0 Å². The predicted octanol–water partition coefficient (Wildman–Crippen LogP) is 4.89. The van der Waals surface area contributed by atoms with Crippen molar-refractivity contribution in [1.29, 1.82) is 0 Å². The van der Waals surface area contributed by atoms with E-state index in [1.165, 1.54) is 48.3 Å². The third-order valence-electron chi connectivity index (χ3n) is 4.47. The first-order chi connectivity index (χ1) is 14.3. The molecule has 0 bridgehead atoms. The molecule has 154 valence electrons. The summed E-state index contributed by atoms with van der Waals surface area (Å²) in [7, 11) is 1.53. The van der Waals surface area contributed by atoms with Crippen LogP contribution >= 0.6 is 11.6 Å². The molecule has 3 aromatic carbocycles. The lowest BCUT2D eigenvalue weighted by molar-refractivity contribution is -0.132. The molecule has 0 atom stereocenters. The molecule has 4 nitrogen and oxygen atoms in total. The van der Waals surface area contributed by atoms with E-state index in [4.69, 9.17) is 16.3 Å². The van der Waals surface area contributed by atoms with Crippen molar-refractivity contribution in [1.82, 2.24) is 4.90 Å². The highest BCUT2D eigenvalue weighted by molar-refractivity contribution is 6.31. The first-order valence-electron chi connectivity index (χ1n) is 9.05. The number of ketones is 1. The van der Waals surface area contributed by atoms with Crippen molar-refractivity contribution in [3.63, 3.8) is 0 Å². The van der Waals surface area contributed by atoms with E-state index in [0.29, 0.717) is 16.9 Å². The second-order valence-electron chi connectivity index (χ2n) is 6.60.